The summed E-state index contributed by atoms with van der Waals surface area (Å²) in [6, 6.07) is 19.6. The van der Waals surface area contributed by atoms with Gasteiger partial charge in [-0.05, 0) is 63.9 Å². The summed E-state index contributed by atoms with van der Waals surface area (Å²) in [5, 5.41) is 0. The maximum atomic E-state index is 5.87. The highest BCUT2D eigenvalue weighted by molar-refractivity contribution is 6.23. The van der Waals surface area contributed by atoms with Crippen molar-refractivity contribution in [1.82, 2.24) is 0 Å². The topological polar surface area (TPSA) is 13.1 Å². The van der Waals surface area contributed by atoms with E-state index in [1.807, 2.05) is 13.0 Å². The number of benzene rings is 2. The lowest BCUT2D eigenvalue weighted by Gasteiger charge is -2.19. The molecule has 26 heavy (non-hydrogen) atoms. The van der Waals surface area contributed by atoms with E-state index in [0.717, 1.165) is 11.5 Å². The van der Waals surface area contributed by atoms with Crippen LogP contribution in [0.2, 0.25) is 0 Å². The van der Waals surface area contributed by atoms with Gasteiger partial charge in [-0.3, -0.25) is 0 Å². The second kappa shape index (κ2) is 6.13. The normalized spacial score (nSPS) is 16.5. The molecule has 2 heteroatoms. The molecule has 4 rings (SSSR count). The third kappa shape index (κ3) is 2.89. The fraction of sp³-hybridized carbons (Fsp3) is 0.250. The van der Waals surface area contributed by atoms with Crippen molar-refractivity contribution in [3.05, 3.63) is 82.8 Å². The fourth-order valence-electron chi connectivity index (χ4n) is 3.61. The van der Waals surface area contributed by atoms with E-state index in [-0.39, 0.29) is 11.0 Å². The lowest BCUT2D eigenvalue weighted by atomic mass is 9.86. The molecule has 1 aromatic heterocycles. The zero-order chi connectivity index (χ0) is 18.5. The van der Waals surface area contributed by atoms with Crippen molar-refractivity contribution in [2.45, 2.75) is 38.7 Å². The Bertz CT molecular complexity index is 984. The molecule has 2 aromatic carbocycles. The number of hydrogen-bond donors (Lipinski definition) is 0. The lowest BCUT2D eigenvalue weighted by Crippen LogP contribution is -2.10. The Morgan fingerprint density at radius 3 is 2.27 bits per heavy atom. The van der Waals surface area contributed by atoms with Crippen molar-refractivity contribution >= 4 is 21.9 Å². The second-order valence-electron chi connectivity index (χ2n) is 8.08. The van der Waals surface area contributed by atoms with Crippen molar-refractivity contribution in [1.29, 1.82) is 0 Å². The van der Waals surface area contributed by atoms with Crippen LogP contribution in [0, 0.1) is 6.92 Å². The van der Waals surface area contributed by atoms with E-state index >= 15 is 0 Å². The highest BCUT2D eigenvalue weighted by Crippen LogP contribution is 2.44. The van der Waals surface area contributed by atoms with Gasteiger partial charge in [-0.15, -0.1) is 0 Å². The minimum Gasteiger partial charge on any atom is -0.462 e. The van der Waals surface area contributed by atoms with Crippen molar-refractivity contribution in [3.8, 4) is 11.1 Å². The Kier molecular flexibility index (Phi) is 4.04. The first-order chi connectivity index (χ1) is 12.3. The summed E-state index contributed by atoms with van der Waals surface area (Å²) < 4.78 is 5.87. The zero-order valence-corrected chi connectivity index (χ0v) is 16.8. The number of allylic oxidation sites excluding steroid dienone is 1. The van der Waals surface area contributed by atoms with Gasteiger partial charge in [0, 0.05) is 15.8 Å². The Hall–Kier alpha value is -2.32. The van der Waals surface area contributed by atoms with Gasteiger partial charge in [-0.25, -0.2) is 0 Å². The summed E-state index contributed by atoms with van der Waals surface area (Å²) in [7, 11) is 3.92. The van der Waals surface area contributed by atoms with E-state index in [1.165, 1.54) is 33.4 Å². The molecule has 0 saturated carbocycles. The molecule has 0 bridgehead atoms. The van der Waals surface area contributed by atoms with Crippen LogP contribution in [-0.4, -0.2) is 10.2 Å². The summed E-state index contributed by atoms with van der Waals surface area (Å²) in [6.45, 7) is 8.73. The van der Waals surface area contributed by atoms with Crippen LogP contribution in [0.5, 0.6) is 0 Å². The molecule has 1 aliphatic carbocycles. The molecule has 1 atom stereocenters. The molecule has 3 radical (unpaired) electrons. The second-order valence-corrected chi connectivity index (χ2v) is 8.66. The largest absolute Gasteiger partial charge is 0.462 e. The zero-order valence-electron chi connectivity index (χ0n) is 15.8. The van der Waals surface area contributed by atoms with E-state index in [4.69, 9.17) is 4.42 Å². The van der Waals surface area contributed by atoms with Crippen molar-refractivity contribution < 1.29 is 4.42 Å². The summed E-state index contributed by atoms with van der Waals surface area (Å²) >= 11 is 0. The van der Waals surface area contributed by atoms with Gasteiger partial charge in [0.15, 0.2) is 0 Å². The molecule has 0 aliphatic heterocycles. The number of fused-ring (bicyclic) bond motifs is 1. The standard InChI is InChI=1S/C24H23OSi/c1-15-8-13-22(25-15)21-14-20-18(6-5-7-19(20)23(21)26)16-9-11-17(12-10-16)24(2,3)4/h5-14,23H,1-4H3. The van der Waals surface area contributed by atoms with E-state index < -0.39 is 0 Å². The van der Waals surface area contributed by atoms with Crippen LogP contribution in [0.25, 0.3) is 22.8 Å². The van der Waals surface area contributed by atoms with Gasteiger partial charge < -0.3 is 4.42 Å². The first-order valence-electron chi connectivity index (χ1n) is 9.08. The number of aryl methyl sites for hydroxylation is 1. The molecule has 0 amide bonds. The first-order valence-corrected chi connectivity index (χ1v) is 9.66. The van der Waals surface area contributed by atoms with E-state index in [0.29, 0.717) is 0 Å². The summed E-state index contributed by atoms with van der Waals surface area (Å²) in [6.07, 6.45) is 2.26. The Labute approximate surface area is 159 Å². The molecule has 1 aliphatic rings. The highest BCUT2D eigenvalue weighted by Gasteiger charge is 2.26. The number of hydrogen-bond acceptors (Lipinski definition) is 1. The van der Waals surface area contributed by atoms with Crippen molar-refractivity contribution in [2.75, 3.05) is 0 Å². The first kappa shape index (κ1) is 17.1. The van der Waals surface area contributed by atoms with Gasteiger partial charge >= 0.3 is 0 Å². The molecule has 0 fully saturated rings. The average Bonchev–Trinajstić information content (AvgIpc) is 3.18. The molecular weight excluding hydrogens is 332 g/mol. The van der Waals surface area contributed by atoms with Crippen molar-refractivity contribution in [3.63, 3.8) is 0 Å². The predicted octanol–water partition coefficient (Wildman–Crippen LogP) is 6.32. The van der Waals surface area contributed by atoms with Crippen LogP contribution in [0.15, 0.2) is 59.0 Å². The third-order valence-electron chi connectivity index (χ3n) is 5.15. The fourth-order valence-corrected chi connectivity index (χ4v) is 4.08. The van der Waals surface area contributed by atoms with Gasteiger partial charge in [0.25, 0.3) is 0 Å². The van der Waals surface area contributed by atoms with Gasteiger partial charge in [0.05, 0.1) is 0 Å². The summed E-state index contributed by atoms with van der Waals surface area (Å²) in [5.41, 5.74) is 7.96. The molecule has 3 aromatic rings. The van der Waals surface area contributed by atoms with Crippen LogP contribution >= 0.6 is 0 Å². The molecule has 0 saturated heterocycles. The van der Waals surface area contributed by atoms with Crippen LogP contribution in [0.4, 0.5) is 0 Å². The molecular formula is C24H23OSi. The summed E-state index contributed by atoms with van der Waals surface area (Å²) in [5.74, 6) is 1.88. The van der Waals surface area contributed by atoms with Crippen LogP contribution in [0.3, 0.4) is 0 Å². The third-order valence-corrected chi connectivity index (χ3v) is 5.77. The van der Waals surface area contributed by atoms with Crippen LogP contribution in [0.1, 0.15) is 54.5 Å². The predicted molar refractivity (Wildman–Crippen MR) is 110 cm³/mol. The van der Waals surface area contributed by atoms with Gasteiger partial charge in [-0.2, -0.15) is 0 Å². The maximum absolute atomic E-state index is 5.87. The molecule has 1 unspecified atom stereocenters. The van der Waals surface area contributed by atoms with Crippen LogP contribution in [-0.2, 0) is 5.41 Å². The monoisotopic (exact) mass is 355 g/mol. The van der Waals surface area contributed by atoms with Gasteiger partial charge in [0.1, 0.15) is 11.5 Å². The van der Waals surface area contributed by atoms with E-state index in [9.17, 15) is 0 Å². The number of rotatable bonds is 2. The van der Waals surface area contributed by atoms with Crippen LogP contribution < -0.4 is 0 Å². The average molecular weight is 356 g/mol. The van der Waals surface area contributed by atoms with Crippen molar-refractivity contribution in [2.24, 2.45) is 0 Å². The Morgan fingerprint density at radius 1 is 0.923 bits per heavy atom. The minimum atomic E-state index is 0.157. The molecule has 1 nitrogen and oxygen atoms in total. The quantitative estimate of drug-likeness (QED) is 0.490. The van der Waals surface area contributed by atoms with E-state index in [1.54, 1.807) is 0 Å². The summed E-state index contributed by atoms with van der Waals surface area (Å²) in [4.78, 5) is 0. The molecule has 1 heterocycles. The smallest absolute Gasteiger partial charge is 0.130 e. The number of furan rings is 1. The SMILES string of the molecule is Cc1ccc(C2=Cc3c(-c4ccc(C(C)(C)C)cc4)cccc3C2[Si])o1. The van der Waals surface area contributed by atoms with Gasteiger partial charge in [-0.1, -0.05) is 63.2 Å². The minimum absolute atomic E-state index is 0.157. The Balaban J connectivity index is 1.79. The lowest BCUT2D eigenvalue weighted by molar-refractivity contribution is 0.520. The molecule has 0 N–H and O–H groups in total. The maximum Gasteiger partial charge on any atom is 0.130 e. The molecule has 129 valence electrons. The molecule has 0 spiro atoms. The highest BCUT2D eigenvalue weighted by atomic mass is 28.1. The van der Waals surface area contributed by atoms with Gasteiger partial charge in [0.2, 0.25) is 0 Å². The van der Waals surface area contributed by atoms with E-state index in [2.05, 4.69) is 85.6 Å². The Morgan fingerprint density at radius 2 is 1.65 bits per heavy atom.